The second-order valence-electron chi connectivity index (χ2n) is 8.04. The quantitative estimate of drug-likeness (QED) is 0.0911. The summed E-state index contributed by atoms with van der Waals surface area (Å²) in [6, 6.07) is 0. The van der Waals surface area contributed by atoms with Gasteiger partial charge in [0.25, 0.3) is 0 Å². The Morgan fingerprint density at radius 3 is 2.40 bits per heavy atom. The van der Waals surface area contributed by atoms with Crippen LogP contribution in [0, 0.1) is 5.92 Å². The molecule has 5 atom stereocenters. The smallest absolute Gasteiger partial charge is 0.133 e. The fraction of sp³-hybridized carbons (Fsp3) is 0.950. The molecule has 0 bridgehead atoms. The molecule has 1 aliphatic heterocycles. The molecule has 178 valence electrons. The van der Waals surface area contributed by atoms with Gasteiger partial charge in [-0.05, 0) is 31.7 Å². The lowest BCUT2D eigenvalue weighted by Crippen LogP contribution is -2.47. The van der Waals surface area contributed by atoms with E-state index in [9.17, 15) is 25.2 Å². The first kappa shape index (κ1) is 27.3. The van der Waals surface area contributed by atoms with Crippen molar-refractivity contribution >= 4 is 5.78 Å². The highest BCUT2D eigenvalue weighted by atomic mass is 16.3. The van der Waals surface area contributed by atoms with E-state index in [1.54, 1.807) is 4.90 Å². The zero-order chi connectivity index (χ0) is 22.4. The molecular formula is C20H43N5O5. The zero-order valence-corrected chi connectivity index (χ0v) is 18.5. The molecule has 0 spiro atoms. The lowest BCUT2D eigenvalue weighted by Gasteiger charge is -2.24. The second-order valence-corrected chi connectivity index (χ2v) is 8.04. The third-order valence-corrected chi connectivity index (χ3v) is 5.38. The highest BCUT2D eigenvalue weighted by Gasteiger charge is 2.35. The van der Waals surface area contributed by atoms with Crippen molar-refractivity contribution in [1.82, 2.24) is 26.2 Å². The fourth-order valence-electron chi connectivity index (χ4n) is 3.41. The summed E-state index contributed by atoms with van der Waals surface area (Å²) in [5.41, 5.74) is 0. The van der Waals surface area contributed by atoms with Crippen LogP contribution in [0.5, 0.6) is 0 Å². The van der Waals surface area contributed by atoms with Crippen LogP contribution in [0.15, 0.2) is 0 Å². The van der Waals surface area contributed by atoms with Gasteiger partial charge in [-0.15, -0.1) is 0 Å². The van der Waals surface area contributed by atoms with Crippen molar-refractivity contribution in [1.29, 1.82) is 0 Å². The van der Waals surface area contributed by atoms with Crippen LogP contribution in [0.3, 0.4) is 0 Å². The molecule has 0 aromatic carbocycles. The number of aliphatic hydroxyl groups is 4. The number of aliphatic hydroxyl groups excluding tert-OH is 4. The van der Waals surface area contributed by atoms with Gasteiger partial charge in [0.2, 0.25) is 0 Å². The molecule has 1 fully saturated rings. The first-order chi connectivity index (χ1) is 14.3. The Balaban J connectivity index is 1.93. The first-order valence-corrected chi connectivity index (χ1v) is 11.2. The maximum atomic E-state index is 11.2. The summed E-state index contributed by atoms with van der Waals surface area (Å²) in [5.74, 6) is 0.332. The van der Waals surface area contributed by atoms with Crippen LogP contribution < -0.4 is 21.3 Å². The van der Waals surface area contributed by atoms with Gasteiger partial charge < -0.3 is 31.1 Å². The number of rotatable bonds is 18. The number of carbonyl (C=O) groups is 1. The number of Topliss-reactive ketones (excluding diaryl/α,β-unsaturated/α-hetero) is 1. The van der Waals surface area contributed by atoms with Gasteiger partial charge in [-0.3, -0.25) is 20.3 Å². The van der Waals surface area contributed by atoms with Gasteiger partial charge in [-0.25, -0.2) is 0 Å². The van der Waals surface area contributed by atoms with Crippen molar-refractivity contribution in [2.24, 2.45) is 5.92 Å². The molecule has 5 unspecified atom stereocenters. The van der Waals surface area contributed by atoms with E-state index in [0.717, 1.165) is 19.4 Å². The molecule has 1 rings (SSSR count). The van der Waals surface area contributed by atoms with Crippen LogP contribution in [0.4, 0.5) is 0 Å². The largest absolute Gasteiger partial charge is 0.378 e. The number of hydrogen-bond donors (Lipinski definition) is 8. The maximum absolute atomic E-state index is 11.2. The Morgan fingerprint density at radius 1 is 1.00 bits per heavy atom. The van der Waals surface area contributed by atoms with Crippen LogP contribution in [-0.2, 0) is 4.79 Å². The Labute approximate surface area is 180 Å². The Morgan fingerprint density at radius 2 is 1.73 bits per heavy atom. The van der Waals surface area contributed by atoms with Crippen LogP contribution in [-0.4, -0.2) is 102 Å². The van der Waals surface area contributed by atoms with Crippen LogP contribution in [0.1, 0.15) is 46.0 Å². The normalized spacial score (nSPS) is 24.3. The van der Waals surface area contributed by atoms with E-state index in [-0.39, 0.29) is 18.2 Å². The van der Waals surface area contributed by atoms with Gasteiger partial charge in [-0.1, -0.05) is 13.8 Å². The van der Waals surface area contributed by atoms with Gasteiger partial charge in [0.1, 0.15) is 30.7 Å². The molecule has 1 saturated heterocycles. The monoisotopic (exact) mass is 433 g/mol. The minimum absolute atomic E-state index is 0.0944. The summed E-state index contributed by atoms with van der Waals surface area (Å²) in [6.07, 6.45) is 0.763. The third kappa shape index (κ3) is 11.6. The Bertz CT molecular complexity index is 459. The molecule has 1 aliphatic rings. The van der Waals surface area contributed by atoms with Crippen molar-refractivity contribution in [3.05, 3.63) is 0 Å². The molecule has 10 nitrogen and oxygen atoms in total. The molecule has 0 radical (unpaired) electrons. The standard InChI is InChI=1S/C20H43N5O5/c1-3-16(26)6-8-21-9-10-23-18(28)14-24-17(27)13-22-7-4-5-11-25-19(29)12-15(2)20(25)30/h15,17-24,27-30H,3-14H2,1-2H3. The molecule has 1 heterocycles. The number of likely N-dealkylation sites (tertiary alicyclic amines) is 1. The predicted molar refractivity (Wildman–Crippen MR) is 115 cm³/mol. The van der Waals surface area contributed by atoms with Crippen LogP contribution >= 0.6 is 0 Å². The number of unbranched alkanes of at least 4 members (excludes halogenated alkanes) is 1. The molecule has 0 aromatic rings. The first-order valence-electron chi connectivity index (χ1n) is 11.2. The van der Waals surface area contributed by atoms with Gasteiger partial charge in [0, 0.05) is 52.1 Å². The zero-order valence-electron chi connectivity index (χ0n) is 18.5. The third-order valence-electron chi connectivity index (χ3n) is 5.38. The van der Waals surface area contributed by atoms with E-state index in [2.05, 4.69) is 21.3 Å². The molecule has 10 heteroatoms. The summed E-state index contributed by atoms with van der Waals surface area (Å²) in [5, 5.41) is 51.7. The predicted octanol–water partition coefficient (Wildman–Crippen LogP) is -1.89. The molecule has 0 aliphatic carbocycles. The summed E-state index contributed by atoms with van der Waals surface area (Å²) in [4.78, 5) is 12.9. The van der Waals surface area contributed by atoms with Crippen molar-refractivity contribution in [2.45, 2.75) is 70.9 Å². The Hall–Kier alpha value is -0.690. The number of nitrogens with one attached hydrogen (secondary N) is 4. The van der Waals surface area contributed by atoms with Crippen molar-refractivity contribution in [3.8, 4) is 0 Å². The molecule has 30 heavy (non-hydrogen) atoms. The van der Waals surface area contributed by atoms with Crippen LogP contribution in [0.25, 0.3) is 0 Å². The van der Waals surface area contributed by atoms with Gasteiger partial charge >= 0.3 is 0 Å². The molecule has 0 amide bonds. The molecule has 0 saturated carbocycles. The lowest BCUT2D eigenvalue weighted by molar-refractivity contribution is -0.118. The van der Waals surface area contributed by atoms with Gasteiger partial charge in [0.15, 0.2) is 0 Å². The lowest BCUT2D eigenvalue weighted by atomic mass is 10.1. The maximum Gasteiger partial charge on any atom is 0.133 e. The van der Waals surface area contributed by atoms with E-state index in [4.69, 9.17) is 0 Å². The van der Waals surface area contributed by atoms with Crippen molar-refractivity contribution < 1.29 is 25.2 Å². The number of nitrogens with zero attached hydrogens (tertiary/aromatic N) is 1. The highest BCUT2D eigenvalue weighted by molar-refractivity contribution is 5.78. The van der Waals surface area contributed by atoms with E-state index < -0.39 is 24.9 Å². The molecular weight excluding hydrogens is 390 g/mol. The van der Waals surface area contributed by atoms with Crippen LogP contribution in [0.2, 0.25) is 0 Å². The minimum atomic E-state index is -0.764. The van der Waals surface area contributed by atoms with E-state index >= 15 is 0 Å². The van der Waals surface area contributed by atoms with E-state index in [0.29, 0.717) is 52.0 Å². The van der Waals surface area contributed by atoms with E-state index in [1.807, 2.05) is 13.8 Å². The van der Waals surface area contributed by atoms with Gasteiger partial charge in [-0.2, -0.15) is 0 Å². The number of carbonyl (C=O) groups excluding carboxylic acids is 1. The average Bonchev–Trinajstić information content (AvgIpc) is 2.96. The highest BCUT2D eigenvalue weighted by Crippen LogP contribution is 2.26. The fourth-order valence-corrected chi connectivity index (χ4v) is 3.41. The summed E-state index contributed by atoms with van der Waals surface area (Å²) in [6.45, 7) is 7.62. The average molecular weight is 434 g/mol. The number of ketones is 1. The topological polar surface area (TPSA) is 149 Å². The molecule has 8 N–H and O–H groups in total. The minimum Gasteiger partial charge on any atom is -0.378 e. The van der Waals surface area contributed by atoms with Crippen molar-refractivity contribution in [2.75, 3.05) is 45.8 Å². The SMILES string of the molecule is CCC(=O)CCNCCNC(O)CNC(O)CNCCCCN1C(O)CC(C)C1O. The Kier molecular flexibility index (Phi) is 14.6. The molecule has 0 aromatic heterocycles. The van der Waals surface area contributed by atoms with E-state index in [1.165, 1.54) is 0 Å². The summed E-state index contributed by atoms with van der Waals surface area (Å²) < 4.78 is 0. The summed E-state index contributed by atoms with van der Waals surface area (Å²) >= 11 is 0. The number of hydrogen-bond acceptors (Lipinski definition) is 10. The van der Waals surface area contributed by atoms with Crippen molar-refractivity contribution in [3.63, 3.8) is 0 Å². The second kappa shape index (κ2) is 16.0. The van der Waals surface area contributed by atoms with Gasteiger partial charge in [0.05, 0.1) is 0 Å². The summed E-state index contributed by atoms with van der Waals surface area (Å²) in [7, 11) is 0.